The van der Waals surface area contributed by atoms with Gasteiger partial charge in [-0.3, -0.25) is 9.59 Å². The van der Waals surface area contributed by atoms with Gasteiger partial charge in [-0.15, -0.1) is 0 Å². The summed E-state index contributed by atoms with van der Waals surface area (Å²) in [5.41, 5.74) is 6.39. The topological polar surface area (TPSA) is 106 Å². The van der Waals surface area contributed by atoms with E-state index in [1.54, 1.807) is 42.6 Å². The lowest BCUT2D eigenvalue weighted by atomic mass is 9.99. The summed E-state index contributed by atoms with van der Waals surface area (Å²) in [5, 5.41) is 5.81. The second-order valence-corrected chi connectivity index (χ2v) is 12.5. The predicted molar refractivity (Wildman–Crippen MR) is 201 cm³/mol. The zero-order valence-electron chi connectivity index (χ0n) is 29.3. The van der Waals surface area contributed by atoms with Crippen molar-refractivity contribution in [1.82, 2.24) is 25.6 Å². The summed E-state index contributed by atoms with van der Waals surface area (Å²) in [5.74, 6) is -0.271. The van der Waals surface area contributed by atoms with Crippen LogP contribution in [0.2, 0.25) is 0 Å². The summed E-state index contributed by atoms with van der Waals surface area (Å²) in [4.78, 5) is 38.0. The predicted octanol–water partition coefficient (Wildman–Crippen LogP) is 7.81. The van der Waals surface area contributed by atoms with E-state index in [4.69, 9.17) is 4.74 Å². The molecule has 53 heavy (non-hydrogen) atoms. The lowest BCUT2D eigenvalue weighted by Gasteiger charge is -2.10. The standard InChI is InChI=1S/C43H39F2N5O3/c1-53-43-36(10-6-24-48-43)42(52)47-23-5-8-30-14-19-33(20-15-30)37-25-31(16-21-39(37)45)26-40-49-27-34(28-50-40)41(51)46-22-4-7-29-12-17-32(18-13-29)35-9-2-3-11-38(35)44/h2-3,6,9-21,24-25,27-28H,4-5,7-8,22-23,26H2,1H3,(H,46,51)(H,47,52). The first kappa shape index (κ1) is 36.5. The first-order valence-corrected chi connectivity index (χ1v) is 17.5. The third-order valence-corrected chi connectivity index (χ3v) is 8.83. The molecule has 10 heteroatoms. The number of aromatic nitrogens is 3. The van der Waals surface area contributed by atoms with E-state index in [9.17, 15) is 18.4 Å². The van der Waals surface area contributed by atoms with Gasteiger partial charge in [-0.25, -0.2) is 23.7 Å². The quantitative estimate of drug-likeness (QED) is 0.105. The molecule has 0 saturated heterocycles. The number of benzene rings is 4. The Labute approximate surface area is 307 Å². The number of rotatable bonds is 15. The molecule has 268 valence electrons. The Morgan fingerprint density at radius 3 is 1.87 bits per heavy atom. The van der Waals surface area contributed by atoms with Crippen molar-refractivity contribution in [2.45, 2.75) is 32.1 Å². The summed E-state index contributed by atoms with van der Waals surface area (Å²) < 4.78 is 34.2. The van der Waals surface area contributed by atoms with Crippen LogP contribution < -0.4 is 15.4 Å². The van der Waals surface area contributed by atoms with Crippen LogP contribution in [0.3, 0.4) is 0 Å². The molecule has 0 aliphatic carbocycles. The molecule has 0 unspecified atom stereocenters. The van der Waals surface area contributed by atoms with E-state index in [-0.39, 0.29) is 29.3 Å². The van der Waals surface area contributed by atoms with Gasteiger partial charge in [-0.05, 0) is 83.8 Å². The maximum Gasteiger partial charge on any atom is 0.256 e. The number of carbonyl (C=O) groups excluding carboxylic acids is 2. The van der Waals surface area contributed by atoms with Gasteiger partial charge in [0.2, 0.25) is 5.88 Å². The minimum Gasteiger partial charge on any atom is -0.480 e. The molecule has 0 spiro atoms. The van der Waals surface area contributed by atoms with Crippen LogP contribution in [0.25, 0.3) is 22.3 Å². The lowest BCUT2D eigenvalue weighted by molar-refractivity contribution is 0.0942. The molecule has 4 aromatic carbocycles. The van der Waals surface area contributed by atoms with Crippen molar-refractivity contribution in [3.63, 3.8) is 0 Å². The van der Waals surface area contributed by atoms with E-state index >= 15 is 0 Å². The zero-order valence-corrected chi connectivity index (χ0v) is 29.3. The largest absolute Gasteiger partial charge is 0.480 e. The molecule has 2 amide bonds. The summed E-state index contributed by atoms with van der Waals surface area (Å²) >= 11 is 0. The molecule has 6 aromatic rings. The summed E-state index contributed by atoms with van der Waals surface area (Å²) in [7, 11) is 1.48. The smallest absolute Gasteiger partial charge is 0.256 e. The number of amides is 2. The van der Waals surface area contributed by atoms with Crippen molar-refractivity contribution in [3.05, 3.63) is 167 Å². The highest BCUT2D eigenvalue weighted by Gasteiger charge is 2.13. The van der Waals surface area contributed by atoms with Crippen molar-refractivity contribution in [2.75, 3.05) is 20.2 Å². The Hall–Kier alpha value is -6.29. The van der Waals surface area contributed by atoms with E-state index in [2.05, 4.69) is 25.6 Å². The Balaban J connectivity index is 0.951. The molecule has 0 bridgehead atoms. The van der Waals surface area contributed by atoms with Crippen LogP contribution in [-0.2, 0) is 19.3 Å². The molecule has 0 fully saturated rings. The van der Waals surface area contributed by atoms with E-state index in [0.717, 1.165) is 53.5 Å². The van der Waals surface area contributed by atoms with Crippen LogP contribution >= 0.6 is 0 Å². The molecule has 2 heterocycles. The van der Waals surface area contributed by atoms with Gasteiger partial charge in [0.1, 0.15) is 23.0 Å². The van der Waals surface area contributed by atoms with Crippen molar-refractivity contribution < 1.29 is 23.1 Å². The maximum atomic E-state index is 14.9. The van der Waals surface area contributed by atoms with Gasteiger partial charge < -0.3 is 15.4 Å². The highest BCUT2D eigenvalue weighted by molar-refractivity contribution is 5.96. The van der Waals surface area contributed by atoms with Gasteiger partial charge in [0.05, 0.1) is 12.7 Å². The molecule has 0 aliphatic rings. The molecule has 0 atom stereocenters. The average molecular weight is 712 g/mol. The molecule has 0 saturated carbocycles. The van der Waals surface area contributed by atoms with Crippen molar-refractivity contribution in [3.8, 4) is 28.1 Å². The van der Waals surface area contributed by atoms with Crippen molar-refractivity contribution in [2.24, 2.45) is 0 Å². The van der Waals surface area contributed by atoms with Crippen molar-refractivity contribution >= 4 is 11.8 Å². The number of hydrogen-bond acceptors (Lipinski definition) is 6. The second kappa shape index (κ2) is 17.8. The molecule has 8 nitrogen and oxygen atoms in total. The van der Waals surface area contributed by atoms with E-state index in [0.29, 0.717) is 47.6 Å². The van der Waals surface area contributed by atoms with Crippen LogP contribution in [0.5, 0.6) is 5.88 Å². The molecule has 2 N–H and O–H groups in total. The van der Waals surface area contributed by atoms with E-state index in [1.165, 1.54) is 31.6 Å². The Morgan fingerprint density at radius 2 is 1.23 bits per heavy atom. The fraction of sp³-hybridized carbons (Fsp3) is 0.186. The van der Waals surface area contributed by atoms with Crippen molar-refractivity contribution in [1.29, 1.82) is 0 Å². The van der Waals surface area contributed by atoms with Gasteiger partial charge in [0, 0.05) is 49.2 Å². The fourth-order valence-electron chi connectivity index (χ4n) is 5.96. The van der Waals surface area contributed by atoms with Gasteiger partial charge in [0.15, 0.2) is 0 Å². The van der Waals surface area contributed by atoms with Gasteiger partial charge in [-0.1, -0.05) is 72.8 Å². The maximum absolute atomic E-state index is 14.9. The number of methoxy groups -OCH3 is 1. The highest BCUT2D eigenvalue weighted by atomic mass is 19.1. The second-order valence-electron chi connectivity index (χ2n) is 12.5. The Bertz CT molecular complexity index is 2160. The summed E-state index contributed by atoms with van der Waals surface area (Å²) in [6.07, 6.45) is 7.93. The molecule has 0 radical (unpaired) electrons. The summed E-state index contributed by atoms with van der Waals surface area (Å²) in [6.45, 7) is 0.968. The number of nitrogens with zero attached hydrogens (tertiary/aromatic N) is 3. The number of pyridine rings is 1. The molecule has 2 aromatic heterocycles. The van der Waals surface area contributed by atoms with Crippen LogP contribution in [0.15, 0.2) is 122 Å². The number of ether oxygens (including phenoxy) is 1. The first-order chi connectivity index (χ1) is 25.9. The monoisotopic (exact) mass is 711 g/mol. The Morgan fingerprint density at radius 1 is 0.642 bits per heavy atom. The van der Waals surface area contributed by atoms with Gasteiger partial charge in [-0.2, -0.15) is 0 Å². The fourth-order valence-corrected chi connectivity index (χ4v) is 5.96. The van der Waals surface area contributed by atoms with Crippen LogP contribution in [0, 0.1) is 11.6 Å². The van der Waals surface area contributed by atoms with Crippen LogP contribution in [0.4, 0.5) is 8.78 Å². The van der Waals surface area contributed by atoms with Crippen LogP contribution in [0.1, 0.15) is 56.1 Å². The number of aryl methyl sites for hydroxylation is 2. The highest BCUT2D eigenvalue weighted by Crippen LogP contribution is 2.26. The van der Waals surface area contributed by atoms with Crippen LogP contribution in [-0.4, -0.2) is 47.0 Å². The van der Waals surface area contributed by atoms with Gasteiger partial charge >= 0.3 is 0 Å². The Kier molecular flexibility index (Phi) is 12.2. The third kappa shape index (κ3) is 9.74. The first-order valence-electron chi connectivity index (χ1n) is 17.5. The minimum absolute atomic E-state index is 0.238. The summed E-state index contributed by atoms with van der Waals surface area (Å²) in [6, 6.07) is 30.5. The van der Waals surface area contributed by atoms with Gasteiger partial charge in [0.25, 0.3) is 11.8 Å². The number of halogens is 2. The number of carbonyl (C=O) groups is 2. The SMILES string of the molecule is COc1ncccc1C(=O)NCCCc1ccc(-c2cc(Cc3ncc(C(=O)NCCCc4ccc(-c5ccccc5F)cc4)cn3)ccc2F)cc1. The zero-order chi connectivity index (χ0) is 37.0. The van der Waals surface area contributed by atoms with E-state index < -0.39 is 0 Å². The average Bonchev–Trinajstić information content (AvgIpc) is 3.19. The lowest BCUT2D eigenvalue weighted by Crippen LogP contribution is -2.25. The molecule has 6 rings (SSSR count). The molecule has 0 aliphatic heterocycles. The molecular formula is C43H39F2N5O3. The minimum atomic E-state index is -0.331. The molecular weight excluding hydrogens is 673 g/mol. The third-order valence-electron chi connectivity index (χ3n) is 8.83. The van der Waals surface area contributed by atoms with E-state index in [1.807, 2.05) is 54.6 Å². The number of nitrogens with one attached hydrogen (secondary N) is 2. The number of hydrogen-bond donors (Lipinski definition) is 2. The normalized spacial score (nSPS) is 10.8.